The fourth-order valence-corrected chi connectivity index (χ4v) is 1.90. The number of rotatable bonds is 2. The number of hydrogen-bond donors (Lipinski definition) is 2. The standard InChI is InChI=1S/C15H7F7N2O2/c16-7-2-1-3-8(17)12(7)13(25)24-14(26)23-11-4-6(15(20,21)22)9(18)5-10(11)19/h1-5H,(H2,23,24,25,26). The molecule has 0 aliphatic carbocycles. The second-order valence-corrected chi connectivity index (χ2v) is 4.81. The molecule has 0 aliphatic rings. The van der Waals surface area contributed by atoms with E-state index in [2.05, 4.69) is 0 Å². The molecule has 0 unspecified atom stereocenters. The van der Waals surface area contributed by atoms with Gasteiger partial charge in [-0.25, -0.2) is 22.4 Å². The van der Waals surface area contributed by atoms with Crippen LogP contribution < -0.4 is 10.6 Å². The molecule has 0 saturated carbocycles. The van der Waals surface area contributed by atoms with Crippen LogP contribution in [0.2, 0.25) is 0 Å². The van der Waals surface area contributed by atoms with Gasteiger partial charge >= 0.3 is 12.2 Å². The van der Waals surface area contributed by atoms with E-state index in [-0.39, 0.29) is 12.1 Å². The number of amides is 3. The number of anilines is 1. The van der Waals surface area contributed by atoms with Gasteiger partial charge < -0.3 is 5.32 Å². The first-order valence-corrected chi connectivity index (χ1v) is 6.63. The molecule has 2 rings (SSSR count). The smallest absolute Gasteiger partial charge is 0.305 e. The van der Waals surface area contributed by atoms with E-state index in [4.69, 9.17) is 0 Å². The van der Waals surface area contributed by atoms with E-state index in [1.54, 1.807) is 0 Å². The van der Waals surface area contributed by atoms with Crippen molar-refractivity contribution in [1.82, 2.24) is 5.32 Å². The molecule has 2 aromatic rings. The van der Waals surface area contributed by atoms with Crippen molar-refractivity contribution >= 4 is 17.6 Å². The summed E-state index contributed by atoms with van der Waals surface area (Å²) in [6.45, 7) is 0. The van der Waals surface area contributed by atoms with Crippen molar-refractivity contribution in [2.24, 2.45) is 0 Å². The maximum atomic E-state index is 13.5. The van der Waals surface area contributed by atoms with E-state index in [0.717, 1.165) is 18.2 Å². The van der Waals surface area contributed by atoms with Crippen LogP contribution in [0.15, 0.2) is 30.3 Å². The average molecular weight is 380 g/mol. The van der Waals surface area contributed by atoms with Crippen molar-refractivity contribution < 1.29 is 40.3 Å². The third kappa shape index (κ3) is 4.10. The predicted molar refractivity (Wildman–Crippen MR) is 74.2 cm³/mol. The molecular weight excluding hydrogens is 373 g/mol. The highest BCUT2D eigenvalue weighted by Crippen LogP contribution is 2.34. The van der Waals surface area contributed by atoms with Crippen LogP contribution in [0.1, 0.15) is 15.9 Å². The van der Waals surface area contributed by atoms with Crippen molar-refractivity contribution in [2.45, 2.75) is 6.18 Å². The number of imide groups is 1. The molecule has 2 aromatic carbocycles. The molecule has 0 spiro atoms. The van der Waals surface area contributed by atoms with Crippen LogP contribution in [0, 0.1) is 23.3 Å². The Kier molecular flexibility index (Phi) is 5.19. The highest BCUT2D eigenvalue weighted by atomic mass is 19.4. The molecule has 0 aromatic heterocycles. The van der Waals surface area contributed by atoms with Gasteiger partial charge in [-0.1, -0.05) is 6.07 Å². The molecule has 0 bridgehead atoms. The van der Waals surface area contributed by atoms with Crippen LogP contribution in [0.25, 0.3) is 0 Å². The Morgan fingerprint density at radius 1 is 0.846 bits per heavy atom. The van der Waals surface area contributed by atoms with Gasteiger partial charge in [0.05, 0.1) is 11.3 Å². The fourth-order valence-electron chi connectivity index (χ4n) is 1.90. The van der Waals surface area contributed by atoms with E-state index in [9.17, 15) is 40.3 Å². The molecule has 0 radical (unpaired) electrons. The third-order valence-corrected chi connectivity index (χ3v) is 3.03. The van der Waals surface area contributed by atoms with Crippen LogP contribution in [0.3, 0.4) is 0 Å². The average Bonchev–Trinajstić information content (AvgIpc) is 2.48. The number of hydrogen-bond acceptors (Lipinski definition) is 2. The van der Waals surface area contributed by atoms with Crippen LogP contribution in [0.5, 0.6) is 0 Å². The molecule has 11 heteroatoms. The summed E-state index contributed by atoms with van der Waals surface area (Å²) in [5.41, 5.74) is -4.09. The van der Waals surface area contributed by atoms with Gasteiger partial charge in [0.25, 0.3) is 5.91 Å². The molecular formula is C15H7F7N2O2. The monoisotopic (exact) mass is 380 g/mol. The van der Waals surface area contributed by atoms with Gasteiger partial charge in [-0.15, -0.1) is 0 Å². The van der Waals surface area contributed by atoms with E-state index in [0.29, 0.717) is 0 Å². The number of carbonyl (C=O) groups is 2. The SMILES string of the molecule is O=C(NC(=O)c1c(F)cccc1F)Nc1cc(C(F)(F)F)c(F)cc1F. The van der Waals surface area contributed by atoms with Crippen LogP contribution in [0.4, 0.5) is 41.2 Å². The number of nitrogens with one attached hydrogen (secondary N) is 2. The summed E-state index contributed by atoms with van der Waals surface area (Å²) in [4.78, 5) is 23.3. The summed E-state index contributed by atoms with van der Waals surface area (Å²) in [6, 6.07) is 0.677. The topological polar surface area (TPSA) is 58.2 Å². The van der Waals surface area contributed by atoms with Gasteiger partial charge in [0.2, 0.25) is 0 Å². The summed E-state index contributed by atoms with van der Waals surface area (Å²) >= 11 is 0. The summed E-state index contributed by atoms with van der Waals surface area (Å²) in [7, 11) is 0. The lowest BCUT2D eigenvalue weighted by Gasteiger charge is -2.12. The summed E-state index contributed by atoms with van der Waals surface area (Å²) in [6.07, 6.45) is -5.17. The minimum atomic E-state index is -5.17. The van der Waals surface area contributed by atoms with Gasteiger partial charge in [0.15, 0.2) is 0 Å². The number of urea groups is 1. The molecule has 0 aliphatic heterocycles. The molecule has 3 amide bonds. The first-order valence-electron chi connectivity index (χ1n) is 6.63. The van der Waals surface area contributed by atoms with Crippen molar-refractivity contribution in [3.63, 3.8) is 0 Å². The van der Waals surface area contributed by atoms with Gasteiger partial charge in [-0.3, -0.25) is 10.1 Å². The van der Waals surface area contributed by atoms with E-state index in [1.165, 1.54) is 10.6 Å². The molecule has 0 atom stereocenters. The van der Waals surface area contributed by atoms with E-state index in [1.807, 2.05) is 0 Å². The molecule has 0 saturated heterocycles. The molecule has 138 valence electrons. The molecule has 4 nitrogen and oxygen atoms in total. The molecule has 26 heavy (non-hydrogen) atoms. The zero-order valence-electron chi connectivity index (χ0n) is 12.3. The Bertz CT molecular complexity index is 861. The first kappa shape index (κ1) is 19.2. The largest absolute Gasteiger partial charge is 0.419 e. The van der Waals surface area contributed by atoms with Crippen LogP contribution in [-0.2, 0) is 6.18 Å². The molecule has 0 fully saturated rings. The maximum Gasteiger partial charge on any atom is 0.419 e. The van der Waals surface area contributed by atoms with Gasteiger partial charge in [0.1, 0.15) is 28.8 Å². The lowest BCUT2D eigenvalue weighted by Crippen LogP contribution is -2.35. The maximum absolute atomic E-state index is 13.5. The van der Waals surface area contributed by atoms with Gasteiger partial charge in [0, 0.05) is 6.07 Å². The zero-order valence-corrected chi connectivity index (χ0v) is 12.3. The number of carbonyl (C=O) groups excluding carboxylic acids is 2. The molecule has 0 heterocycles. The quantitative estimate of drug-likeness (QED) is 0.767. The predicted octanol–water partition coefficient (Wildman–Crippen LogP) is 4.22. The van der Waals surface area contributed by atoms with Gasteiger partial charge in [-0.2, -0.15) is 13.2 Å². The Morgan fingerprint density at radius 3 is 1.96 bits per heavy atom. The van der Waals surface area contributed by atoms with Gasteiger partial charge in [-0.05, 0) is 18.2 Å². The highest BCUT2D eigenvalue weighted by Gasteiger charge is 2.35. The Hall–Kier alpha value is -3.11. The zero-order chi connectivity index (χ0) is 19.6. The third-order valence-electron chi connectivity index (χ3n) is 3.03. The summed E-state index contributed by atoms with van der Waals surface area (Å²) in [5, 5.41) is 2.95. The summed E-state index contributed by atoms with van der Waals surface area (Å²) < 4.78 is 91.3. The highest BCUT2D eigenvalue weighted by molar-refractivity contribution is 6.08. The summed E-state index contributed by atoms with van der Waals surface area (Å²) in [5.74, 6) is -7.64. The molecule has 2 N–H and O–H groups in total. The van der Waals surface area contributed by atoms with E-state index >= 15 is 0 Å². The second kappa shape index (κ2) is 7.02. The number of halogens is 7. The van der Waals surface area contributed by atoms with E-state index < -0.39 is 58.2 Å². The normalized spacial score (nSPS) is 11.2. The lowest BCUT2D eigenvalue weighted by molar-refractivity contribution is -0.140. The van der Waals surface area contributed by atoms with Crippen LogP contribution >= 0.6 is 0 Å². The Balaban J connectivity index is 2.22. The number of alkyl halides is 3. The van der Waals surface area contributed by atoms with Crippen molar-refractivity contribution in [2.75, 3.05) is 5.32 Å². The first-order chi connectivity index (χ1) is 12.0. The van der Waals surface area contributed by atoms with Crippen LogP contribution in [-0.4, -0.2) is 11.9 Å². The minimum Gasteiger partial charge on any atom is -0.305 e. The number of benzene rings is 2. The van der Waals surface area contributed by atoms with Crippen molar-refractivity contribution in [1.29, 1.82) is 0 Å². The minimum absolute atomic E-state index is 0.0294. The second-order valence-electron chi connectivity index (χ2n) is 4.81. The lowest BCUT2D eigenvalue weighted by atomic mass is 10.1. The Labute approximate surface area is 140 Å². The van der Waals surface area contributed by atoms with Crippen molar-refractivity contribution in [3.8, 4) is 0 Å². The van der Waals surface area contributed by atoms with Crippen molar-refractivity contribution in [3.05, 3.63) is 64.7 Å². The fraction of sp³-hybridized carbons (Fsp3) is 0.0667. The Morgan fingerprint density at radius 2 is 1.42 bits per heavy atom.